The molecule has 4 heteroatoms. The summed E-state index contributed by atoms with van der Waals surface area (Å²) in [5.74, 6) is -0.418. The van der Waals surface area contributed by atoms with Crippen molar-refractivity contribution in [2.24, 2.45) is 34.0 Å². The Hall–Kier alpha value is -0.710. The van der Waals surface area contributed by atoms with E-state index in [0.717, 1.165) is 25.7 Å². The van der Waals surface area contributed by atoms with Crippen molar-refractivity contribution >= 4 is 5.78 Å². The first-order valence-corrected chi connectivity index (χ1v) is 9.37. The third-order valence-corrected chi connectivity index (χ3v) is 8.58. The molecule has 0 radical (unpaired) electrons. The van der Waals surface area contributed by atoms with Crippen LogP contribution in [0.3, 0.4) is 0 Å². The van der Waals surface area contributed by atoms with E-state index in [1.165, 1.54) is 0 Å². The third-order valence-electron chi connectivity index (χ3n) is 8.58. The molecule has 8 atom stereocenters. The van der Waals surface area contributed by atoms with Gasteiger partial charge in [-0.3, -0.25) is 4.79 Å². The zero-order valence-corrected chi connectivity index (χ0v) is 15.0. The molecular weight excluding hydrogens is 304 g/mol. The fourth-order valence-corrected chi connectivity index (χ4v) is 7.33. The number of rotatable bonds is 0. The van der Waals surface area contributed by atoms with Gasteiger partial charge in [-0.25, -0.2) is 0 Å². The SMILES string of the molecule is C=C1C(=O)[C@]23C(O)[C@H]1CC[C@H]2[C@@]1(C)[C@H](C[C@H]3O)C(C)(C)CC[C@@H]1O. The second-order valence-corrected chi connectivity index (χ2v) is 9.68. The normalized spacial score (nSPS) is 55.9. The van der Waals surface area contributed by atoms with Gasteiger partial charge < -0.3 is 15.3 Å². The molecule has 0 saturated heterocycles. The predicted molar refractivity (Wildman–Crippen MR) is 90.0 cm³/mol. The van der Waals surface area contributed by atoms with Crippen LogP contribution in [0.1, 0.15) is 52.9 Å². The van der Waals surface area contributed by atoms with Crippen molar-refractivity contribution in [3.8, 4) is 0 Å². The number of aliphatic hydroxyl groups is 3. The molecule has 2 bridgehead atoms. The van der Waals surface area contributed by atoms with Crippen LogP contribution in [0.15, 0.2) is 12.2 Å². The molecule has 0 aromatic heterocycles. The van der Waals surface area contributed by atoms with Gasteiger partial charge in [-0.1, -0.05) is 27.4 Å². The molecule has 24 heavy (non-hydrogen) atoms. The Morgan fingerprint density at radius 3 is 2.33 bits per heavy atom. The zero-order valence-electron chi connectivity index (χ0n) is 15.0. The van der Waals surface area contributed by atoms with Crippen molar-refractivity contribution in [3.05, 3.63) is 12.2 Å². The van der Waals surface area contributed by atoms with E-state index in [-0.39, 0.29) is 29.0 Å². The van der Waals surface area contributed by atoms with Crippen LogP contribution in [0.4, 0.5) is 0 Å². The zero-order chi connectivity index (χ0) is 17.7. The number of aliphatic hydroxyl groups excluding tert-OH is 3. The minimum atomic E-state index is -1.15. The van der Waals surface area contributed by atoms with Gasteiger partial charge in [-0.15, -0.1) is 0 Å². The first kappa shape index (κ1) is 16.7. The van der Waals surface area contributed by atoms with Gasteiger partial charge in [0.2, 0.25) is 0 Å². The Morgan fingerprint density at radius 1 is 1.00 bits per heavy atom. The lowest BCUT2D eigenvalue weighted by Gasteiger charge is -2.66. The molecule has 0 amide bonds. The summed E-state index contributed by atoms with van der Waals surface area (Å²) in [6, 6.07) is 0. The molecule has 4 aliphatic rings. The van der Waals surface area contributed by atoms with Crippen molar-refractivity contribution in [2.75, 3.05) is 0 Å². The van der Waals surface area contributed by atoms with Gasteiger partial charge in [-0.2, -0.15) is 0 Å². The molecule has 4 nitrogen and oxygen atoms in total. The average Bonchev–Trinajstić information content (AvgIpc) is 2.63. The minimum absolute atomic E-state index is 0.0109. The molecule has 3 N–H and O–H groups in total. The summed E-state index contributed by atoms with van der Waals surface area (Å²) in [7, 11) is 0. The molecule has 1 spiro atoms. The van der Waals surface area contributed by atoms with Gasteiger partial charge >= 0.3 is 0 Å². The second-order valence-electron chi connectivity index (χ2n) is 9.68. The number of carbonyl (C=O) groups is 1. The Balaban J connectivity index is 1.91. The highest BCUT2D eigenvalue weighted by atomic mass is 16.3. The molecule has 4 aliphatic carbocycles. The molecule has 0 aromatic carbocycles. The van der Waals surface area contributed by atoms with E-state index in [0.29, 0.717) is 12.0 Å². The Kier molecular flexibility index (Phi) is 3.29. The van der Waals surface area contributed by atoms with E-state index in [2.05, 4.69) is 27.4 Å². The summed E-state index contributed by atoms with van der Waals surface area (Å²) in [5, 5.41) is 33.1. The van der Waals surface area contributed by atoms with E-state index in [1.807, 2.05) is 0 Å². The molecule has 0 aliphatic heterocycles. The number of fused-ring (bicyclic) bond motifs is 3. The molecule has 0 heterocycles. The molecule has 1 unspecified atom stereocenters. The third kappa shape index (κ3) is 1.59. The summed E-state index contributed by atoms with van der Waals surface area (Å²) < 4.78 is 0. The molecular formula is C20H30O4. The summed E-state index contributed by atoms with van der Waals surface area (Å²) in [5.41, 5.74) is -1.11. The largest absolute Gasteiger partial charge is 0.393 e. The Morgan fingerprint density at radius 2 is 1.67 bits per heavy atom. The highest BCUT2D eigenvalue weighted by molar-refractivity contribution is 6.04. The highest BCUT2D eigenvalue weighted by Gasteiger charge is 2.75. The van der Waals surface area contributed by atoms with E-state index in [1.54, 1.807) is 0 Å². The van der Waals surface area contributed by atoms with Gasteiger partial charge in [0, 0.05) is 11.3 Å². The standard InChI is InChI=1S/C20H30O4/c1-10-11-5-6-12-19(4)13(18(2,3)8-7-14(19)21)9-15(22)20(12,16(10)23)17(11)24/h11-15,17,21-22,24H,1,5-9H2,2-4H3/t11-,12-,13+,14-,15+,17?,19-,20-/m0/s1. The van der Waals surface area contributed by atoms with Gasteiger partial charge in [0.25, 0.3) is 0 Å². The second kappa shape index (κ2) is 4.72. The summed E-state index contributed by atoms with van der Waals surface area (Å²) in [6.45, 7) is 10.5. The molecule has 134 valence electrons. The summed E-state index contributed by atoms with van der Waals surface area (Å²) >= 11 is 0. The van der Waals surface area contributed by atoms with E-state index in [4.69, 9.17) is 0 Å². The lowest BCUT2D eigenvalue weighted by atomic mass is 9.39. The number of Topliss-reactive ketones (excluding diaryl/α,β-unsaturated/α-hetero) is 1. The monoisotopic (exact) mass is 334 g/mol. The van der Waals surface area contributed by atoms with Gasteiger partial charge in [0.15, 0.2) is 5.78 Å². The molecule has 4 rings (SSSR count). The van der Waals surface area contributed by atoms with E-state index < -0.39 is 29.1 Å². The fourth-order valence-electron chi connectivity index (χ4n) is 7.33. The smallest absolute Gasteiger partial charge is 0.170 e. The molecule has 0 aromatic rings. The van der Waals surface area contributed by atoms with Crippen LogP contribution in [0.2, 0.25) is 0 Å². The van der Waals surface area contributed by atoms with Crippen molar-refractivity contribution in [2.45, 2.75) is 71.2 Å². The summed E-state index contributed by atoms with van der Waals surface area (Å²) in [4.78, 5) is 13.1. The van der Waals surface area contributed by atoms with Crippen LogP contribution in [0.25, 0.3) is 0 Å². The number of hydrogen-bond acceptors (Lipinski definition) is 4. The summed E-state index contributed by atoms with van der Waals surface area (Å²) in [6.07, 6.45) is 1.40. The van der Waals surface area contributed by atoms with Crippen molar-refractivity contribution in [3.63, 3.8) is 0 Å². The minimum Gasteiger partial charge on any atom is -0.393 e. The Labute approximate surface area is 144 Å². The van der Waals surface area contributed by atoms with Gasteiger partial charge in [0.1, 0.15) is 0 Å². The topological polar surface area (TPSA) is 77.8 Å². The van der Waals surface area contributed by atoms with Crippen LogP contribution in [0.5, 0.6) is 0 Å². The van der Waals surface area contributed by atoms with Gasteiger partial charge in [-0.05, 0) is 54.9 Å². The van der Waals surface area contributed by atoms with E-state index >= 15 is 0 Å². The van der Waals surface area contributed by atoms with Crippen LogP contribution >= 0.6 is 0 Å². The quantitative estimate of drug-likeness (QED) is 0.593. The number of hydrogen-bond donors (Lipinski definition) is 3. The predicted octanol–water partition coefficient (Wildman–Crippen LogP) is 2.07. The van der Waals surface area contributed by atoms with Crippen molar-refractivity contribution in [1.82, 2.24) is 0 Å². The average molecular weight is 334 g/mol. The molecule has 4 fully saturated rings. The maximum Gasteiger partial charge on any atom is 0.170 e. The first-order valence-electron chi connectivity index (χ1n) is 9.37. The van der Waals surface area contributed by atoms with Crippen LogP contribution in [-0.4, -0.2) is 39.4 Å². The van der Waals surface area contributed by atoms with Crippen LogP contribution < -0.4 is 0 Å². The van der Waals surface area contributed by atoms with Gasteiger partial charge in [0.05, 0.1) is 23.7 Å². The lowest BCUT2D eigenvalue weighted by Crippen LogP contribution is -2.69. The van der Waals surface area contributed by atoms with E-state index in [9.17, 15) is 20.1 Å². The van der Waals surface area contributed by atoms with Crippen molar-refractivity contribution < 1.29 is 20.1 Å². The maximum atomic E-state index is 13.1. The molecule has 4 saturated carbocycles. The first-order chi connectivity index (χ1) is 11.1. The lowest BCUT2D eigenvalue weighted by molar-refractivity contribution is -0.251. The number of ketones is 1. The number of carbonyl (C=O) groups excluding carboxylic acids is 1. The van der Waals surface area contributed by atoms with Crippen LogP contribution in [0, 0.1) is 34.0 Å². The Bertz CT molecular complexity index is 611. The van der Waals surface area contributed by atoms with Crippen molar-refractivity contribution in [1.29, 1.82) is 0 Å². The fraction of sp³-hybridized carbons (Fsp3) is 0.850. The maximum absolute atomic E-state index is 13.1. The van der Waals surface area contributed by atoms with Crippen LogP contribution in [-0.2, 0) is 4.79 Å². The highest BCUT2D eigenvalue weighted by Crippen LogP contribution is 2.70.